The van der Waals surface area contributed by atoms with Gasteiger partial charge in [-0.05, 0) is 33.2 Å². The highest BCUT2D eigenvalue weighted by Gasteiger charge is 2.24. The third-order valence-corrected chi connectivity index (χ3v) is 2.71. The quantitative estimate of drug-likeness (QED) is 0.726. The molecular weight excluding hydrogens is 222 g/mol. The van der Waals surface area contributed by atoms with Gasteiger partial charge in [-0.3, -0.25) is 9.59 Å². The van der Waals surface area contributed by atoms with Crippen LogP contribution >= 0.6 is 0 Å². The average Bonchev–Trinajstić information content (AvgIpc) is 2.30. The van der Waals surface area contributed by atoms with Crippen LogP contribution in [0.2, 0.25) is 0 Å². The van der Waals surface area contributed by atoms with Gasteiger partial charge in [-0.1, -0.05) is 0 Å². The Kier molecular flexibility index (Phi) is 5.97. The lowest BCUT2D eigenvalue weighted by molar-refractivity contribution is -0.157. The Morgan fingerprint density at radius 1 is 1.47 bits per heavy atom. The van der Waals surface area contributed by atoms with Crippen LogP contribution in [0.3, 0.4) is 0 Å². The molecule has 1 aliphatic rings. The highest BCUT2D eigenvalue weighted by molar-refractivity contribution is 5.74. The zero-order valence-electron chi connectivity index (χ0n) is 10.5. The predicted octanol–water partition coefficient (Wildman–Crippen LogP) is 0.871. The minimum atomic E-state index is -0.413. The van der Waals surface area contributed by atoms with Crippen LogP contribution in [0.5, 0.6) is 0 Å². The van der Waals surface area contributed by atoms with Crippen LogP contribution in [0.1, 0.15) is 33.1 Å². The lowest BCUT2D eigenvalue weighted by Crippen LogP contribution is -2.36. The van der Waals surface area contributed by atoms with Crippen molar-refractivity contribution < 1.29 is 19.1 Å². The van der Waals surface area contributed by atoms with Crippen LogP contribution in [-0.2, 0) is 19.1 Å². The minimum absolute atomic E-state index is 0.0756. The molecule has 0 aromatic carbocycles. The van der Waals surface area contributed by atoms with Crippen LogP contribution in [0.25, 0.3) is 0 Å². The van der Waals surface area contributed by atoms with Gasteiger partial charge in [0.25, 0.3) is 0 Å². The topological polar surface area (TPSA) is 64.6 Å². The van der Waals surface area contributed by atoms with Crippen LogP contribution in [0.15, 0.2) is 0 Å². The molecule has 1 fully saturated rings. The first-order valence-electron chi connectivity index (χ1n) is 6.20. The summed E-state index contributed by atoms with van der Waals surface area (Å²) in [6, 6.07) is 0. The molecule has 2 atom stereocenters. The molecule has 0 aromatic rings. The van der Waals surface area contributed by atoms with Gasteiger partial charge in [-0.15, -0.1) is 0 Å². The summed E-state index contributed by atoms with van der Waals surface area (Å²) in [6.45, 7) is 5.45. The van der Waals surface area contributed by atoms with E-state index < -0.39 is 6.10 Å². The summed E-state index contributed by atoms with van der Waals surface area (Å²) in [5.74, 6) is -0.614. The summed E-state index contributed by atoms with van der Waals surface area (Å²) in [6.07, 6.45) is 1.56. The lowest BCUT2D eigenvalue weighted by Gasteiger charge is -2.23. The molecule has 98 valence electrons. The Labute approximate surface area is 102 Å². The van der Waals surface area contributed by atoms with Gasteiger partial charge in [0.15, 0.2) is 0 Å². The standard InChI is InChI=1S/C12H21NO4/c1-3-16-11(14)7-9(2)17-12(15)10-5-4-6-13-8-10/h9-10,13H,3-8H2,1-2H3. The highest BCUT2D eigenvalue weighted by atomic mass is 16.6. The third-order valence-electron chi connectivity index (χ3n) is 2.71. The van der Waals surface area contributed by atoms with E-state index in [1.165, 1.54) is 0 Å². The van der Waals surface area contributed by atoms with Gasteiger partial charge in [0.1, 0.15) is 6.10 Å². The molecule has 1 N–H and O–H groups in total. The fraction of sp³-hybridized carbons (Fsp3) is 0.833. The van der Waals surface area contributed by atoms with E-state index in [0.29, 0.717) is 13.2 Å². The monoisotopic (exact) mass is 243 g/mol. The Bertz CT molecular complexity index is 261. The van der Waals surface area contributed by atoms with Crippen molar-refractivity contribution in [2.24, 2.45) is 5.92 Å². The highest BCUT2D eigenvalue weighted by Crippen LogP contribution is 2.13. The van der Waals surface area contributed by atoms with Crippen molar-refractivity contribution >= 4 is 11.9 Å². The van der Waals surface area contributed by atoms with Gasteiger partial charge in [0, 0.05) is 6.54 Å². The van der Waals surface area contributed by atoms with Crippen molar-refractivity contribution in [3.63, 3.8) is 0 Å². The maximum absolute atomic E-state index is 11.7. The van der Waals surface area contributed by atoms with Gasteiger partial charge in [0.2, 0.25) is 0 Å². The maximum atomic E-state index is 11.7. The molecule has 1 aliphatic heterocycles. The van der Waals surface area contributed by atoms with Gasteiger partial charge in [-0.2, -0.15) is 0 Å². The largest absolute Gasteiger partial charge is 0.466 e. The Morgan fingerprint density at radius 3 is 2.82 bits per heavy atom. The van der Waals surface area contributed by atoms with E-state index in [-0.39, 0.29) is 24.3 Å². The number of carbonyl (C=O) groups is 2. The van der Waals surface area contributed by atoms with Crippen LogP contribution < -0.4 is 5.32 Å². The fourth-order valence-corrected chi connectivity index (χ4v) is 1.84. The average molecular weight is 243 g/mol. The summed E-state index contributed by atoms with van der Waals surface area (Å²) in [4.78, 5) is 22.9. The number of hydrogen-bond acceptors (Lipinski definition) is 5. The number of nitrogens with one attached hydrogen (secondary N) is 1. The second-order valence-electron chi connectivity index (χ2n) is 4.30. The van der Waals surface area contributed by atoms with Gasteiger partial charge < -0.3 is 14.8 Å². The number of carbonyl (C=O) groups excluding carboxylic acids is 2. The molecule has 1 saturated heterocycles. The SMILES string of the molecule is CCOC(=O)CC(C)OC(=O)C1CCCNC1. The van der Waals surface area contributed by atoms with Crippen molar-refractivity contribution in [2.75, 3.05) is 19.7 Å². The molecule has 5 nitrogen and oxygen atoms in total. The first-order valence-corrected chi connectivity index (χ1v) is 6.20. The van der Waals surface area contributed by atoms with E-state index in [4.69, 9.17) is 9.47 Å². The number of piperidine rings is 1. The summed E-state index contributed by atoms with van der Waals surface area (Å²) < 4.78 is 10.0. The van der Waals surface area contributed by atoms with E-state index in [9.17, 15) is 9.59 Å². The summed E-state index contributed by atoms with van der Waals surface area (Å²) in [7, 11) is 0. The zero-order chi connectivity index (χ0) is 12.7. The van der Waals surface area contributed by atoms with Crippen LogP contribution in [-0.4, -0.2) is 37.7 Å². The van der Waals surface area contributed by atoms with E-state index in [2.05, 4.69) is 5.32 Å². The van der Waals surface area contributed by atoms with E-state index in [0.717, 1.165) is 19.4 Å². The predicted molar refractivity (Wildman–Crippen MR) is 62.4 cm³/mol. The number of hydrogen-bond donors (Lipinski definition) is 1. The van der Waals surface area contributed by atoms with Crippen molar-refractivity contribution in [1.82, 2.24) is 5.32 Å². The molecule has 0 aromatic heterocycles. The molecule has 0 spiro atoms. The van der Waals surface area contributed by atoms with Crippen molar-refractivity contribution in [2.45, 2.75) is 39.2 Å². The molecular formula is C12H21NO4. The Balaban J connectivity index is 2.26. The van der Waals surface area contributed by atoms with Gasteiger partial charge in [0.05, 0.1) is 18.9 Å². The lowest BCUT2D eigenvalue weighted by atomic mass is 10.00. The summed E-state index contributed by atoms with van der Waals surface area (Å²) in [5.41, 5.74) is 0. The van der Waals surface area contributed by atoms with Crippen molar-refractivity contribution in [3.05, 3.63) is 0 Å². The van der Waals surface area contributed by atoms with Crippen LogP contribution in [0.4, 0.5) is 0 Å². The fourth-order valence-electron chi connectivity index (χ4n) is 1.84. The van der Waals surface area contributed by atoms with Gasteiger partial charge >= 0.3 is 11.9 Å². The van der Waals surface area contributed by atoms with Crippen molar-refractivity contribution in [1.29, 1.82) is 0 Å². The molecule has 0 radical (unpaired) electrons. The number of ether oxygens (including phenoxy) is 2. The van der Waals surface area contributed by atoms with Crippen molar-refractivity contribution in [3.8, 4) is 0 Å². The van der Waals surface area contributed by atoms with Crippen LogP contribution in [0, 0.1) is 5.92 Å². The molecule has 0 saturated carbocycles. The van der Waals surface area contributed by atoms with E-state index in [1.54, 1.807) is 13.8 Å². The Hall–Kier alpha value is -1.10. The molecule has 5 heteroatoms. The molecule has 2 unspecified atom stereocenters. The van der Waals surface area contributed by atoms with Gasteiger partial charge in [-0.25, -0.2) is 0 Å². The second-order valence-corrected chi connectivity index (χ2v) is 4.30. The molecule has 17 heavy (non-hydrogen) atoms. The number of rotatable bonds is 5. The second kappa shape index (κ2) is 7.27. The third kappa shape index (κ3) is 5.17. The molecule has 0 bridgehead atoms. The zero-order valence-corrected chi connectivity index (χ0v) is 10.5. The summed E-state index contributed by atoms with van der Waals surface area (Å²) in [5, 5.41) is 3.16. The molecule has 1 rings (SSSR count). The summed E-state index contributed by atoms with van der Waals surface area (Å²) >= 11 is 0. The normalized spacial score (nSPS) is 21.6. The molecule has 1 heterocycles. The Morgan fingerprint density at radius 2 is 2.24 bits per heavy atom. The number of esters is 2. The molecule has 0 amide bonds. The van der Waals surface area contributed by atoms with E-state index in [1.807, 2.05) is 0 Å². The smallest absolute Gasteiger partial charge is 0.310 e. The first kappa shape index (κ1) is 14.0. The first-order chi connectivity index (χ1) is 8.13. The maximum Gasteiger partial charge on any atom is 0.310 e. The molecule has 0 aliphatic carbocycles. The minimum Gasteiger partial charge on any atom is -0.466 e. The van der Waals surface area contributed by atoms with E-state index >= 15 is 0 Å².